The van der Waals surface area contributed by atoms with Gasteiger partial charge in [0, 0.05) is 35.9 Å². The van der Waals surface area contributed by atoms with Crippen molar-refractivity contribution in [2.24, 2.45) is 0 Å². The number of nitrogens with one attached hydrogen (secondary N) is 4. The van der Waals surface area contributed by atoms with Gasteiger partial charge < -0.3 is 25.1 Å². The fraction of sp³-hybridized carbons (Fsp3) is 0.381. The highest BCUT2D eigenvalue weighted by atomic mass is 19.4. The first kappa shape index (κ1) is 22.6. The number of hydrogen-bond acceptors (Lipinski definition) is 7. The Morgan fingerprint density at radius 2 is 2.09 bits per heavy atom. The first-order valence-electron chi connectivity index (χ1n) is 10.3. The number of alkyl halides is 3. The molecule has 1 aromatic carbocycles. The van der Waals surface area contributed by atoms with Gasteiger partial charge in [0.2, 0.25) is 5.95 Å². The van der Waals surface area contributed by atoms with Crippen molar-refractivity contribution in [3.63, 3.8) is 0 Å². The normalized spacial score (nSPS) is 16.5. The molecule has 1 saturated heterocycles. The molecule has 0 bridgehead atoms. The van der Waals surface area contributed by atoms with Gasteiger partial charge in [0.1, 0.15) is 5.56 Å². The quantitative estimate of drug-likeness (QED) is 0.452. The molecular weight excluding hydrogens is 441 g/mol. The average molecular weight is 464 g/mol. The van der Waals surface area contributed by atoms with Gasteiger partial charge in [0.05, 0.1) is 31.1 Å². The number of rotatable bonds is 5. The molecule has 1 unspecified atom stereocenters. The van der Waals surface area contributed by atoms with Gasteiger partial charge in [-0.15, -0.1) is 0 Å². The molecule has 0 spiro atoms. The molecule has 0 saturated carbocycles. The smallest absolute Gasteiger partial charge is 0.419 e. The summed E-state index contributed by atoms with van der Waals surface area (Å²) in [4.78, 5) is 22.7. The number of carbonyl (C=O) groups excluding carboxylic acids is 1. The molecule has 0 radical (unpaired) electrons. The summed E-state index contributed by atoms with van der Waals surface area (Å²) in [5, 5.41) is 9.31. The summed E-state index contributed by atoms with van der Waals surface area (Å²) in [5.74, 6) is 0.371. The number of methoxy groups -OCH3 is 2. The zero-order valence-electron chi connectivity index (χ0n) is 18.0. The number of ether oxygens (including phenoxy) is 2. The molecule has 4 rings (SSSR count). The number of anilines is 2. The average Bonchev–Trinajstić information content (AvgIpc) is 3.23. The fourth-order valence-corrected chi connectivity index (χ4v) is 3.86. The number of nitrogens with zero attached hydrogens (tertiary/aromatic N) is 2. The number of aromatic nitrogens is 3. The summed E-state index contributed by atoms with van der Waals surface area (Å²) in [7, 11) is 2.61. The third-order valence-electron chi connectivity index (χ3n) is 5.41. The monoisotopic (exact) mass is 464 g/mol. The van der Waals surface area contributed by atoms with Gasteiger partial charge >= 0.3 is 12.3 Å². The second-order valence-corrected chi connectivity index (χ2v) is 7.53. The minimum Gasteiger partial charge on any atom is -0.492 e. The van der Waals surface area contributed by atoms with E-state index in [1.54, 1.807) is 6.07 Å². The number of H-pyrrole nitrogens is 1. The second-order valence-electron chi connectivity index (χ2n) is 7.53. The predicted octanol–water partition coefficient (Wildman–Crippen LogP) is 3.99. The van der Waals surface area contributed by atoms with Crippen LogP contribution in [0.5, 0.6) is 5.75 Å². The summed E-state index contributed by atoms with van der Waals surface area (Å²) in [6.07, 6.45) is -1.31. The van der Waals surface area contributed by atoms with E-state index >= 15 is 0 Å². The lowest BCUT2D eigenvalue weighted by atomic mass is 10.0. The molecule has 3 aromatic rings. The van der Waals surface area contributed by atoms with E-state index in [1.807, 2.05) is 0 Å². The zero-order valence-corrected chi connectivity index (χ0v) is 18.0. The van der Waals surface area contributed by atoms with Crippen LogP contribution >= 0.6 is 0 Å². The lowest BCUT2D eigenvalue weighted by molar-refractivity contribution is -0.137. The number of carbonyl (C=O) groups is 1. The molecule has 0 aliphatic carbocycles. The van der Waals surface area contributed by atoms with Crippen molar-refractivity contribution in [3.8, 4) is 17.0 Å². The van der Waals surface area contributed by atoms with Crippen LogP contribution in [0.4, 0.5) is 29.6 Å². The summed E-state index contributed by atoms with van der Waals surface area (Å²) < 4.78 is 51.4. The van der Waals surface area contributed by atoms with E-state index in [-0.39, 0.29) is 29.0 Å². The Hall–Kier alpha value is -3.54. The van der Waals surface area contributed by atoms with Crippen LogP contribution in [-0.4, -0.2) is 54.4 Å². The highest BCUT2D eigenvalue weighted by molar-refractivity contribution is 6.03. The fourth-order valence-electron chi connectivity index (χ4n) is 3.86. The standard InChI is InChI=1S/C21H23F3N6O3/c1-32-18-15(29-20(31)33-2)6-5-12-13(9-26-17(12)18)16-14(21(22,23)24)10-27-19(30-16)28-11-4-3-7-25-8-11/h5-6,9-11,25-26H,3-4,7-8H2,1-2H3,(H,29,31)(H,27,28,30). The molecule has 33 heavy (non-hydrogen) atoms. The van der Waals surface area contributed by atoms with Crippen LogP contribution in [-0.2, 0) is 10.9 Å². The van der Waals surface area contributed by atoms with Crippen molar-refractivity contribution in [2.45, 2.75) is 25.1 Å². The molecule has 1 amide bonds. The summed E-state index contributed by atoms with van der Waals surface area (Å²) in [6.45, 7) is 1.58. The molecular formula is C21H23F3N6O3. The van der Waals surface area contributed by atoms with E-state index < -0.39 is 17.8 Å². The number of benzene rings is 1. The van der Waals surface area contributed by atoms with Gasteiger partial charge in [-0.2, -0.15) is 13.2 Å². The number of aromatic amines is 1. The van der Waals surface area contributed by atoms with Gasteiger partial charge in [-0.3, -0.25) is 5.32 Å². The first-order chi connectivity index (χ1) is 15.8. The minimum absolute atomic E-state index is 0.0263. The van der Waals surface area contributed by atoms with Crippen LogP contribution < -0.4 is 20.7 Å². The SMILES string of the molecule is COC(=O)Nc1ccc2c(-c3nc(NC4CCCNC4)ncc3C(F)(F)F)c[nH]c2c1OC. The molecule has 12 heteroatoms. The number of halogens is 3. The predicted molar refractivity (Wildman–Crippen MR) is 116 cm³/mol. The van der Waals surface area contributed by atoms with Gasteiger partial charge in [0.15, 0.2) is 5.75 Å². The van der Waals surface area contributed by atoms with E-state index in [1.165, 1.54) is 26.5 Å². The number of piperidine rings is 1. The maximum absolute atomic E-state index is 13.8. The lowest BCUT2D eigenvalue weighted by Gasteiger charge is -2.24. The van der Waals surface area contributed by atoms with Crippen molar-refractivity contribution < 1.29 is 27.4 Å². The Morgan fingerprint density at radius 3 is 2.76 bits per heavy atom. The van der Waals surface area contributed by atoms with Crippen LogP contribution in [0.2, 0.25) is 0 Å². The largest absolute Gasteiger partial charge is 0.492 e. The Morgan fingerprint density at radius 1 is 1.27 bits per heavy atom. The molecule has 1 aliphatic heterocycles. The van der Waals surface area contributed by atoms with Crippen LogP contribution in [0.25, 0.3) is 22.2 Å². The molecule has 176 valence electrons. The van der Waals surface area contributed by atoms with Crippen molar-refractivity contribution in [1.29, 1.82) is 0 Å². The number of fused-ring (bicyclic) bond motifs is 1. The van der Waals surface area contributed by atoms with Crippen molar-refractivity contribution in [1.82, 2.24) is 20.3 Å². The highest BCUT2D eigenvalue weighted by Gasteiger charge is 2.36. The lowest BCUT2D eigenvalue weighted by Crippen LogP contribution is -2.38. The van der Waals surface area contributed by atoms with Crippen LogP contribution in [0, 0.1) is 0 Å². The first-order valence-corrected chi connectivity index (χ1v) is 10.3. The van der Waals surface area contributed by atoms with Gasteiger partial charge in [-0.05, 0) is 31.5 Å². The Balaban J connectivity index is 1.80. The second kappa shape index (κ2) is 9.14. The molecule has 4 N–H and O–H groups in total. The number of amides is 1. The summed E-state index contributed by atoms with van der Waals surface area (Å²) in [6, 6.07) is 3.13. The molecule has 9 nitrogen and oxygen atoms in total. The minimum atomic E-state index is -4.65. The van der Waals surface area contributed by atoms with Crippen molar-refractivity contribution in [3.05, 3.63) is 30.1 Å². The van der Waals surface area contributed by atoms with Crippen molar-refractivity contribution in [2.75, 3.05) is 37.9 Å². The third-order valence-corrected chi connectivity index (χ3v) is 5.41. The van der Waals surface area contributed by atoms with E-state index in [0.29, 0.717) is 23.1 Å². The number of hydrogen-bond donors (Lipinski definition) is 4. The Bertz CT molecular complexity index is 1160. The van der Waals surface area contributed by atoms with Gasteiger partial charge in [-0.25, -0.2) is 14.8 Å². The Kier molecular flexibility index (Phi) is 6.27. The van der Waals surface area contributed by atoms with Crippen molar-refractivity contribution >= 4 is 28.6 Å². The maximum atomic E-state index is 13.8. The highest BCUT2D eigenvalue weighted by Crippen LogP contribution is 2.42. The van der Waals surface area contributed by atoms with Gasteiger partial charge in [0.25, 0.3) is 0 Å². The molecule has 2 aromatic heterocycles. The van der Waals surface area contributed by atoms with Crippen LogP contribution in [0.1, 0.15) is 18.4 Å². The topological polar surface area (TPSA) is 113 Å². The van der Waals surface area contributed by atoms with E-state index in [2.05, 4.69) is 35.6 Å². The molecule has 1 atom stereocenters. The Labute approximate surface area is 187 Å². The van der Waals surface area contributed by atoms with E-state index in [4.69, 9.17) is 4.74 Å². The van der Waals surface area contributed by atoms with E-state index in [0.717, 1.165) is 25.6 Å². The molecule has 3 heterocycles. The van der Waals surface area contributed by atoms with Crippen LogP contribution in [0.15, 0.2) is 24.5 Å². The molecule has 1 aliphatic rings. The maximum Gasteiger partial charge on any atom is 0.419 e. The van der Waals surface area contributed by atoms with E-state index in [9.17, 15) is 18.0 Å². The van der Waals surface area contributed by atoms with Crippen LogP contribution in [0.3, 0.4) is 0 Å². The molecule has 1 fully saturated rings. The van der Waals surface area contributed by atoms with Gasteiger partial charge in [-0.1, -0.05) is 0 Å². The summed E-state index contributed by atoms with van der Waals surface area (Å²) >= 11 is 0. The zero-order chi connectivity index (χ0) is 23.6. The third kappa shape index (κ3) is 4.65. The summed E-state index contributed by atoms with van der Waals surface area (Å²) in [5.41, 5.74) is -0.278.